The zero-order chi connectivity index (χ0) is 14.4. The van der Waals surface area contributed by atoms with Crippen LogP contribution in [-0.2, 0) is 6.54 Å². The van der Waals surface area contributed by atoms with Crippen LogP contribution in [0.4, 0.5) is 4.79 Å². The number of hydrogen-bond acceptors (Lipinski definition) is 3. The summed E-state index contributed by atoms with van der Waals surface area (Å²) in [7, 11) is 1.58. The highest BCUT2D eigenvalue weighted by atomic mass is 16.5. The Morgan fingerprint density at radius 3 is 2.70 bits per heavy atom. The number of carboxylic acid groups (broad SMARTS) is 1. The second kappa shape index (κ2) is 6.42. The van der Waals surface area contributed by atoms with Crippen LogP contribution in [0.5, 0.6) is 5.75 Å². The number of H-pyrrole nitrogens is 1. The van der Waals surface area contributed by atoms with Gasteiger partial charge in [-0.2, -0.15) is 10.1 Å². The van der Waals surface area contributed by atoms with Crippen LogP contribution in [0.15, 0.2) is 47.7 Å². The number of amides is 1. The number of aromatic nitrogens is 1. The molecule has 104 valence electrons. The van der Waals surface area contributed by atoms with Crippen LogP contribution in [0.2, 0.25) is 0 Å². The minimum absolute atomic E-state index is 0.177. The predicted octanol–water partition coefficient (Wildman–Crippen LogP) is 2.54. The molecule has 2 N–H and O–H groups in total. The van der Waals surface area contributed by atoms with Gasteiger partial charge in [-0.05, 0) is 29.8 Å². The van der Waals surface area contributed by atoms with Crippen LogP contribution in [-0.4, -0.2) is 34.5 Å². The van der Waals surface area contributed by atoms with Gasteiger partial charge in [0, 0.05) is 6.20 Å². The topological polar surface area (TPSA) is 77.9 Å². The van der Waals surface area contributed by atoms with Gasteiger partial charge < -0.3 is 14.8 Å². The number of benzene rings is 1. The molecule has 1 heterocycles. The van der Waals surface area contributed by atoms with Crippen LogP contribution in [0.1, 0.15) is 11.3 Å². The van der Waals surface area contributed by atoms with E-state index in [2.05, 4.69) is 10.1 Å². The summed E-state index contributed by atoms with van der Waals surface area (Å²) < 4.78 is 5.05. The van der Waals surface area contributed by atoms with E-state index in [0.29, 0.717) is 0 Å². The molecule has 2 rings (SSSR count). The smallest absolute Gasteiger partial charge is 0.428 e. The molecule has 0 saturated heterocycles. The minimum atomic E-state index is -1.11. The first kappa shape index (κ1) is 13.7. The average molecular weight is 273 g/mol. The van der Waals surface area contributed by atoms with E-state index in [1.54, 1.807) is 43.6 Å². The minimum Gasteiger partial charge on any atom is -0.497 e. The first-order valence-corrected chi connectivity index (χ1v) is 6.00. The highest BCUT2D eigenvalue weighted by Gasteiger charge is 2.10. The number of hydrazone groups is 1. The Hall–Kier alpha value is -2.76. The van der Waals surface area contributed by atoms with E-state index in [4.69, 9.17) is 9.84 Å². The molecule has 0 radical (unpaired) electrons. The summed E-state index contributed by atoms with van der Waals surface area (Å²) in [4.78, 5) is 14.1. The maximum absolute atomic E-state index is 11.2. The molecular weight excluding hydrogens is 258 g/mol. The molecule has 1 aromatic carbocycles. The van der Waals surface area contributed by atoms with E-state index in [-0.39, 0.29) is 6.54 Å². The lowest BCUT2D eigenvalue weighted by molar-refractivity contribution is 0.144. The molecule has 6 heteroatoms. The number of aromatic amines is 1. The third-order valence-electron chi connectivity index (χ3n) is 2.67. The molecular formula is C14H15N3O3. The standard InChI is InChI=1S/C14H15N3O3/c1-20-13-6-4-11(5-7-13)10-17(14(18)19)16-9-12-3-2-8-15-12/h2-9,15H,10H2,1H3,(H,18,19). The zero-order valence-electron chi connectivity index (χ0n) is 11.0. The van der Waals surface area contributed by atoms with E-state index in [1.807, 2.05) is 6.07 Å². The fourth-order valence-electron chi connectivity index (χ4n) is 1.62. The molecule has 6 nitrogen and oxygen atoms in total. The third-order valence-corrected chi connectivity index (χ3v) is 2.67. The summed E-state index contributed by atoms with van der Waals surface area (Å²) in [6.07, 6.45) is 2.11. The molecule has 0 aliphatic rings. The Balaban J connectivity index is 2.07. The Kier molecular flexibility index (Phi) is 4.39. The average Bonchev–Trinajstić information content (AvgIpc) is 2.97. The van der Waals surface area contributed by atoms with Gasteiger partial charge in [0.25, 0.3) is 0 Å². The van der Waals surface area contributed by atoms with Gasteiger partial charge in [0.15, 0.2) is 0 Å². The van der Waals surface area contributed by atoms with Gasteiger partial charge in [0.05, 0.1) is 25.6 Å². The number of nitrogens with zero attached hydrogens (tertiary/aromatic N) is 2. The number of nitrogens with one attached hydrogen (secondary N) is 1. The van der Waals surface area contributed by atoms with Crippen molar-refractivity contribution in [1.29, 1.82) is 0 Å². The highest BCUT2D eigenvalue weighted by molar-refractivity contribution is 5.78. The number of ether oxygens (including phenoxy) is 1. The Morgan fingerprint density at radius 2 is 2.15 bits per heavy atom. The van der Waals surface area contributed by atoms with Gasteiger partial charge in [-0.25, -0.2) is 4.79 Å². The summed E-state index contributed by atoms with van der Waals surface area (Å²) in [5.74, 6) is 0.727. The van der Waals surface area contributed by atoms with Gasteiger partial charge in [-0.15, -0.1) is 0 Å². The second-order valence-corrected chi connectivity index (χ2v) is 4.06. The lowest BCUT2D eigenvalue weighted by Crippen LogP contribution is -2.23. The van der Waals surface area contributed by atoms with Crippen LogP contribution in [0.3, 0.4) is 0 Å². The van der Waals surface area contributed by atoms with Crippen molar-refractivity contribution in [3.05, 3.63) is 53.9 Å². The molecule has 0 saturated carbocycles. The molecule has 0 spiro atoms. The lowest BCUT2D eigenvalue weighted by Gasteiger charge is -2.13. The Morgan fingerprint density at radius 1 is 1.40 bits per heavy atom. The summed E-state index contributed by atoms with van der Waals surface area (Å²) in [5, 5.41) is 14.1. The zero-order valence-corrected chi connectivity index (χ0v) is 11.0. The van der Waals surface area contributed by atoms with Gasteiger partial charge in [-0.1, -0.05) is 12.1 Å². The van der Waals surface area contributed by atoms with E-state index in [1.165, 1.54) is 6.21 Å². The Bertz CT molecular complexity index is 576. The molecule has 1 aromatic heterocycles. The molecule has 2 aromatic rings. The molecule has 0 fully saturated rings. The van der Waals surface area contributed by atoms with E-state index >= 15 is 0 Å². The summed E-state index contributed by atoms with van der Waals surface area (Å²) >= 11 is 0. The quantitative estimate of drug-likeness (QED) is 0.649. The van der Waals surface area contributed by atoms with E-state index in [0.717, 1.165) is 22.0 Å². The van der Waals surface area contributed by atoms with Gasteiger partial charge in [0.2, 0.25) is 0 Å². The largest absolute Gasteiger partial charge is 0.497 e. The number of rotatable bonds is 5. The van der Waals surface area contributed by atoms with Crippen LogP contribution in [0.25, 0.3) is 0 Å². The van der Waals surface area contributed by atoms with E-state index < -0.39 is 6.09 Å². The van der Waals surface area contributed by atoms with Crippen molar-refractivity contribution in [2.75, 3.05) is 7.11 Å². The molecule has 0 unspecified atom stereocenters. The Labute approximate surface area is 116 Å². The summed E-state index contributed by atoms with van der Waals surface area (Å²) in [6, 6.07) is 10.8. The van der Waals surface area contributed by atoms with Crippen molar-refractivity contribution >= 4 is 12.3 Å². The lowest BCUT2D eigenvalue weighted by atomic mass is 10.2. The van der Waals surface area contributed by atoms with Gasteiger partial charge in [-0.3, -0.25) is 0 Å². The monoisotopic (exact) mass is 273 g/mol. The number of methoxy groups -OCH3 is 1. The normalized spacial score (nSPS) is 10.7. The van der Waals surface area contributed by atoms with Crippen molar-refractivity contribution in [1.82, 2.24) is 9.99 Å². The van der Waals surface area contributed by atoms with Gasteiger partial charge in [0.1, 0.15) is 5.75 Å². The number of hydrogen-bond donors (Lipinski definition) is 2. The van der Waals surface area contributed by atoms with Crippen LogP contribution >= 0.6 is 0 Å². The first-order valence-electron chi connectivity index (χ1n) is 6.00. The third kappa shape index (κ3) is 3.61. The maximum Gasteiger partial charge on any atom is 0.428 e. The second-order valence-electron chi connectivity index (χ2n) is 4.06. The molecule has 1 amide bonds. The molecule has 0 aliphatic heterocycles. The van der Waals surface area contributed by atoms with Gasteiger partial charge >= 0.3 is 6.09 Å². The fraction of sp³-hybridized carbons (Fsp3) is 0.143. The fourth-order valence-corrected chi connectivity index (χ4v) is 1.62. The molecule has 0 bridgehead atoms. The molecule has 0 aliphatic carbocycles. The van der Waals surface area contributed by atoms with Crippen molar-refractivity contribution in [3.8, 4) is 5.75 Å². The summed E-state index contributed by atoms with van der Waals surface area (Å²) in [6.45, 7) is 0.177. The SMILES string of the molecule is COc1ccc(CN(N=Cc2ccc[nH]2)C(=O)O)cc1. The van der Waals surface area contributed by atoms with Crippen molar-refractivity contribution in [2.24, 2.45) is 5.10 Å². The maximum atomic E-state index is 11.2. The first-order chi connectivity index (χ1) is 9.69. The van der Waals surface area contributed by atoms with Crippen LogP contribution < -0.4 is 4.74 Å². The van der Waals surface area contributed by atoms with Crippen molar-refractivity contribution < 1.29 is 14.6 Å². The van der Waals surface area contributed by atoms with E-state index in [9.17, 15) is 4.79 Å². The highest BCUT2D eigenvalue weighted by Crippen LogP contribution is 2.13. The van der Waals surface area contributed by atoms with Crippen LogP contribution in [0, 0.1) is 0 Å². The predicted molar refractivity (Wildman–Crippen MR) is 74.9 cm³/mol. The molecule has 20 heavy (non-hydrogen) atoms. The summed E-state index contributed by atoms with van der Waals surface area (Å²) in [5.41, 5.74) is 1.57. The number of carbonyl (C=O) groups is 1. The van der Waals surface area contributed by atoms with Crippen molar-refractivity contribution in [3.63, 3.8) is 0 Å². The molecule has 0 atom stereocenters. The van der Waals surface area contributed by atoms with Crippen molar-refractivity contribution in [2.45, 2.75) is 6.54 Å².